The smallest absolute Gasteiger partial charge is 0.358 e. The van der Waals surface area contributed by atoms with E-state index in [9.17, 15) is 9.59 Å². The van der Waals surface area contributed by atoms with Crippen molar-refractivity contribution in [3.63, 3.8) is 0 Å². The van der Waals surface area contributed by atoms with Gasteiger partial charge in [0.15, 0.2) is 16.9 Å². The molecular formula is C20H16N6O3S. The number of esters is 1. The highest BCUT2D eigenvalue weighted by Crippen LogP contribution is 2.34. The Labute approximate surface area is 175 Å². The quantitative estimate of drug-likeness (QED) is 0.477. The van der Waals surface area contributed by atoms with E-state index in [2.05, 4.69) is 25.8 Å². The Morgan fingerprint density at radius 2 is 1.77 bits per heavy atom. The Kier molecular flexibility index (Phi) is 5.57. The van der Waals surface area contributed by atoms with Crippen LogP contribution in [-0.2, 0) is 9.53 Å². The summed E-state index contributed by atoms with van der Waals surface area (Å²) in [6, 6.07) is 17.6. The maximum atomic E-state index is 13.1. The van der Waals surface area contributed by atoms with E-state index in [0.29, 0.717) is 10.4 Å². The van der Waals surface area contributed by atoms with Gasteiger partial charge in [0.1, 0.15) is 6.33 Å². The van der Waals surface area contributed by atoms with Gasteiger partial charge in [-0.05, 0) is 21.6 Å². The highest BCUT2D eigenvalue weighted by molar-refractivity contribution is 7.19. The summed E-state index contributed by atoms with van der Waals surface area (Å²) < 4.78 is 6.21. The minimum atomic E-state index is -0.799. The number of carbonyl (C=O) groups excluding carboxylic acids is 2. The highest BCUT2D eigenvalue weighted by atomic mass is 32.1. The average Bonchev–Trinajstić information content (AvgIpc) is 3.45. The van der Waals surface area contributed by atoms with Gasteiger partial charge >= 0.3 is 5.97 Å². The molecule has 4 rings (SSSR count). The van der Waals surface area contributed by atoms with E-state index in [1.54, 1.807) is 0 Å². The molecule has 1 N–H and O–H groups in total. The minimum absolute atomic E-state index is 0.141. The Bertz CT molecular complexity index is 1150. The van der Waals surface area contributed by atoms with Crippen molar-refractivity contribution in [1.82, 2.24) is 25.2 Å². The van der Waals surface area contributed by atoms with Gasteiger partial charge < -0.3 is 4.74 Å². The van der Waals surface area contributed by atoms with Gasteiger partial charge in [-0.15, -0.1) is 5.10 Å². The third-order valence-electron chi connectivity index (χ3n) is 4.27. The van der Waals surface area contributed by atoms with E-state index < -0.39 is 17.9 Å². The van der Waals surface area contributed by atoms with Crippen molar-refractivity contribution in [1.29, 1.82) is 0 Å². The summed E-state index contributed by atoms with van der Waals surface area (Å²) in [4.78, 5) is 30.3. The molecule has 1 atom stereocenters. The van der Waals surface area contributed by atoms with Gasteiger partial charge in [-0.2, -0.15) is 0 Å². The number of nitrogens with one attached hydrogen (secondary N) is 1. The van der Waals surface area contributed by atoms with Gasteiger partial charge in [0, 0.05) is 0 Å². The normalized spacial score (nSPS) is 11.6. The monoisotopic (exact) mass is 420 g/mol. The van der Waals surface area contributed by atoms with E-state index in [4.69, 9.17) is 4.74 Å². The summed E-state index contributed by atoms with van der Waals surface area (Å²) in [7, 11) is 1.29. The summed E-state index contributed by atoms with van der Waals surface area (Å²) in [6.07, 6.45) is 1.37. The summed E-state index contributed by atoms with van der Waals surface area (Å²) in [6.45, 7) is 0. The van der Waals surface area contributed by atoms with Gasteiger partial charge in [0.2, 0.25) is 0 Å². The number of rotatable bonds is 6. The van der Waals surface area contributed by atoms with Gasteiger partial charge in [0.25, 0.3) is 5.91 Å². The van der Waals surface area contributed by atoms with E-state index >= 15 is 0 Å². The zero-order valence-electron chi connectivity index (χ0n) is 15.8. The highest BCUT2D eigenvalue weighted by Gasteiger charge is 2.27. The standard InChI is InChI=1S/C20H16N6O3S/c1-29-19(28)15-17(14-10-6-3-7-11-14)30-20(22-15)23-18(27)16(26-12-21-24-25-26)13-8-4-2-5-9-13/h2-12,16H,1H3,(H,22,23,27)/t16-/m0/s1. The minimum Gasteiger partial charge on any atom is -0.464 e. The molecule has 9 nitrogen and oxygen atoms in total. The predicted molar refractivity (Wildman–Crippen MR) is 110 cm³/mol. The number of carbonyl (C=O) groups is 2. The maximum Gasteiger partial charge on any atom is 0.358 e. The van der Waals surface area contributed by atoms with Crippen LogP contribution in [0.3, 0.4) is 0 Å². The third-order valence-corrected chi connectivity index (χ3v) is 5.28. The van der Waals surface area contributed by atoms with Gasteiger partial charge in [-0.25, -0.2) is 14.5 Å². The predicted octanol–water partition coefficient (Wildman–Crippen LogP) is 2.81. The van der Waals surface area contributed by atoms with Crippen molar-refractivity contribution in [3.8, 4) is 10.4 Å². The molecule has 2 aromatic carbocycles. The molecule has 0 bridgehead atoms. The SMILES string of the molecule is COC(=O)c1nc(NC(=O)[C@H](c2ccccc2)n2cnnn2)sc1-c1ccccc1. The molecule has 0 unspecified atom stereocenters. The number of methoxy groups -OCH3 is 1. The zero-order valence-corrected chi connectivity index (χ0v) is 16.6. The van der Waals surface area contributed by atoms with Gasteiger partial charge in [-0.1, -0.05) is 72.0 Å². The molecule has 4 aromatic rings. The molecule has 2 aromatic heterocycles. The maximum absolute atomic E-state index is 13.1. The van der Waals surface area contributed by atoms with Gasteiger partial charge in [0.05, 0.1) is 12.0 Å². The number of anilines is 1. The first-order chi connectivity index (χ1) is 14.7. The van der Waals surface area contributed by atoms with Crippen LogP contribution in [0.15, 0.2) is 67.0 Å². The molecule has 2 heterocycles. The molecule has 30 heavy (non-hydrogen) atoms. The first-order valence-electron chi connectivity index (χ1n) is 8.90. The van der Waals surface area contributed by atoms with E-state index in [1.165, 1.54) is 29.5 Å². The van der Waals surface area contributed by atoms with Crippen LogP contribution in [0.2, 0.25) is 0 Å². The molecule has 1 amide bonds. The van der Waals surface area contributed by atoms with Crippen LogP contribution in [0.25, 0.3) is 10.4 Å². The fourth-order valence-corrected chi connectivity index (χ4v) is 3.88. The Morgan fingerprint density at radius 1 is 1.07 bits per heavy atom. The summed E-state index contributed by atoms with van der Waals surface area (Å²) in [5, 5.41) is 14.2. The van der Waals surface area contributed by atoms with Crippen molar-refractivity contribution in [2.75, 3.05) is 12.4 Å². The number of ether oxygens (including phenoxy) is 1. The first kappa shape index (κ1) is 19.4. The topological polar surface area (TPSA) is 112 Å². The number of tetrazole rings is 1. The summed E-state index contributed by atoms with van der Waals surface area (Å²) in [5.41, 5.74) is 1.65. The molecule has 0 saturated heterocycles. The van der Waals surface area contributed by atoms with Crippen LogP contribution in [0, 0.1) is 0 Å². The van der Waals surface area contributed by atoms with Crippen molar-refractivity contribution >= 4 is 28.3 Å². The lowest BCUT2D eigenvalue weighted by molar-refractivity contribution is -0.118. The average molecular weight is 420 g/mol. The van der Waals surface area contributed by atoms with E-state index in [1.807, 2.05) is 60.7 Å². The molecule has 150 valence electrons. The second kappa shape index (κ2) is 8.62. The number of hydrogen-bond acceptors (Lipinski definition) is 8. The Hall–Kier alpha value is -3.92. The molecule has 0 spiro atoms. The number of nitrogens with zero attached hydrogens (tertiary/aromatic N) is 5. The molecular weight excluding hydrogens is 404 g/mol. The van der Waals surface area contributed by atoms with Crippen LogP contribution in [-0.4, -0.2) is 44.2 Å². The fraction of sp³-hybridized carbons (Fsp3) is 0.100. The Balaban J connectivity index is 1.68. The number of amides is 1. The first-order valence-corrected chi connectivity index (χ1v) is 9.72. The third kappa shape index (κ3) is 3.94. The lowest BCUT2D eigenvalue weighted by Gasteiger charge is -2.15. The van der Waals surface area contributed by atoms with Crippen molar-refractivity contribution < 1.29 is 14.3 Å². The second-order valence-electron chi connectivity index (χ2n) is 6.15. The summed E-state index contributed by atoms with van der Waals surface area (Å²) >= 11 is 1.19. The lowest BCUT2D eigenvalue weighted by atomic mass is 10.1. The van der Waals surface area contributed by atoms with Crippen molar-refractivity contribution in [3.05, 3.63) is 78.2 Å². The zero-order chi connectivity index (χ0) is 20.9. The number of aromatic nitrogens is 5. The largest absolute Gasteiger partial charge is 0.464 e. The Morgan fingerprint density at radius 3 is 2.40 bits per heavy atom. The molecule has 10 heteroatoms. The van der Waals surface area contributed by atoms with Crippen LogP contribution in [0.5, 0.6) is 0 Å². The molecule has 0 aliphatic carbocycles. The molecule has 0 fully saturated rings. The van der Waals surface area contributed by atoms with E-state index in [-0.39, 0.29) is 10.8 Å². The summed E-state index contributed by atoms with van der Waals surface area (Å²) in [5.74, 6) is -0.969. The van der Waals surface area contributed by atoms with Crippen LogP contribution in [0.1, 0.15) is 22.1 Å². The van der Waals surface area contributed by atoms with Crippen LogP contribution >= 0.6 is 11.3 Å². The molecule has 0 saturated carbocycles. The number of hydrogen-bond donors (Lipinski definition) is 1. The van der Waals surface area contributed by atoms with Crippen molar-refractivity contribution in [2.24, 2.45) is 0 Å². The molecule has 0 aliphatic rings. The van der Waals surface area contributed by atoms with Crippen LogP contribution in [0.4, 0.5) is 5.13 Å². The van der Waals surface area contributed by atoms with Crippen LogP contribution < -0.4 is 5.32 Å². The number of thiazole rings is 1. The lowest BCUT2D eigenvalue weighted by Crippen LogP contribution is -2.27. The van der Waals surface area contributed by atoms with Gasteiger partial charge in [-0.3, -0.25) is 10.1 Å². The molecule has 0 aliphatic heterocycles. The number of benzene rings is 2. The van der Waals surface area contributed by atoms with Crippen molar-refractivity contribution in [2.45, 2.75) is 6.04 Å². The second-order valence-corrected chi connectivity index (χ2v) is 7.15. The fourth-order valence-electron chi connectivity index (χ4n) is 2.91. The van der Waals surface area contributed by atoms with E-state index in [0.717, 1.165) is 5.56 Å². The molecule has 0 radical (unpaired) electrons.